The molecule has 0 fully saturated rings. The van der Waals surface area contributed by atoms with Crippen LogP contribution in [0.25, 0.3) is 0 Å². The minimum Gasteiger partial charge on any atom is -0.465 e. The number of nitrogen functional groups attached to an aromatic ring is 1. The van der Waals surface area contributed by atoms with Crippen LogP contribution in [0.1, 0.15) is 22.8 Å². The predicted molar refractivity (Wildman–Crippen MR) is 85.4 cm³/mol. The van der Waals surface area contributed by atoms with Crippen molar-refractivity contribution in [1.29, 1.82) is 0 Å². The van der Waals surface area contributed by atoms with Gasteiger partial charge in [-0.15, -0.1) is 0 Å². The molecule has 1 aromatic carbocycles. The number of carbonyl (C=O) groups is 1. The van der Waals surface area contributed by atoms with Crippen molar-refractivity contribution in [2.75, 3.05) is 24.7 Å². The van der Waals surface area contributed by atoms with E-state index in [4.69, 9.17) is 10.5 Å². The highest BCUT2D eigenvalue weighted by Gasteiger charge is 2.22. The van der Waals surface area contributed by atoms with Gasteiger partial charge < -0.3 is 15.8 Å². The highest BCUT2D eigenvalue weighted by Crippen LogP contribution is 2.25. The van der Waals surface area contributed by atoms with Gasteiger partial charge in [-0.3, -0.25) is 0 Å². The van der Waals surface area contributed by atoms with E-state index in [1.165, 1.54) is 7.11 Å². The zero-order valence-electron chi connectivity index (χ0n) is 11.9. The third kappa shape index (κ3) is 3.18. The molecule has 112 valence electrons. The van der Waals surface area contributed by atoms with Gasteiger partial charge in [0.2, 0.25) is 0 Å². The summed E-state index contributed by atoms with van der Waals surface area (Å²) in [6.07, 6.45) is 0. The Balaban J connectivity index is 2.41. The minimum absolute atomic E-state index is 0.270. The van der Waals surface area contributed by atoms with Crippen LogP contribution in [-0.2, 0) is 11.3 Å². The number of methoxy groups -OCH3 is 1. The average molecular weight is 353 g/mol. The largest absolute Gasteiger partial charge is 0.465 e. The van der Waals surface area contributed by atoms with Crippen molar-refractivity contribution in [3.05, 3.63) is 39.9 Å². The molecule has 21 heavy (non-hydrogen) atoms. The number of ether oxygens (including phenoxy) is 1. The first-order valence-corrected chi connectivity index (χ1v) is 7.29. The maximum Gasteiger partial charge on any atom is 0.345 e. The second-order valence-electron chi connectivity index (χ2n) is 4.38. The number of nitrogens with zero attached hydrogens (tertiary/aromatic N) is 2. The molecule has 1 aromatic heterocycles. The molecule has 0 saturated carbocycles. The van der Waals surface area contributed by atoms with Crippen LogP contribution in [-0.4, -0.2) is 29.4 Å². The maximum absolute atomic E-state index is 11.9. The van der Waals surface area contributed by atoms with Crippen LogP contribution >= 0.6 is 15.9 Å². The molecule has 0 unspecified atom stereocenters. The number of anilines is 2. The monoisotopic (exact) mass is 352 g/mol. The number of halogens is 1. The zero-order valence-corrected chi connectivity index (χ0v) is 13.5. The van der Waals surface area contributed by atoms with Gasteiger partial charge in [0.05, 0.1) is 13.7 Å². The summed E-state index contributed by atoms with van der Waals surface area (Å²) in [5.41, 5.74) is 7.34. The molecular formula is C14H17BrN4O2. The molecule has 2 rings (SSSR count). The fraction of sp³-hybridized carbons (Fsp3) is 0.286. The standard InChI is InChI=1S/C14H17BrN4O2/c1-3-17-13-11(14(20)21-2)12(16)19(18-13)8-9-6-4-5-7-10(9)15/h4-7H,3,8,16H2,1-2H3,(H,17,18). The second-order valence-corrected chi connectivity index (χ2v) is 5.23. The summed E-state index contributed by atoms with van der Waals surface area (Å²) in [4.78, 5) is 11.9. The quantitative estimate of drug-likeness (QED) is 0.807. The van der Waals surface area contributed by atoms with Gasteiger partial charge in [-0.25, -0.2) is 9.48 Å². The Morgan fingerprint density at radius 1 is 1.48 bits per heavy atom. The van der Waals surface area contributed by atoms with Crippen molar-refractivity contribution in [2.24, 2.45) is 0 Å². The fourth-order valence-corrected chi connectivity index (χ4v) is 2.39. The minimum atomic E-state index is -0.498. The van der Waals surface area contributed by atoms with Crippen LogP contribution in [0, 0.1) is 0 Å². The van der Waals surface area contributed by atoms with E-state index in [1.54, 1.807) is 4.68 Å². The number of esters is 1. The number of nitrogens with one attached hydrogen (secondary N) is 1. The summed E-state index contributed by atoms with van der Waals surface area (Å²) in [5.74, 6) is 0.226. The number of rotatable bonds is 5. The van der Waals surface area contributed by atoms with E-state index < -0.39 is 5.97 Å². The normalized spacial score (nSPS) is 10.4. The average Bonchev–Trinajstić information content (AvgIpc) is 2.77. The smallest absolute Gasteiger partial charge is 0.345 e. The Labute approximate surface area is 131 Å². The SMILES string of the molecule is CCNc1nn(Cc2ccccc2Br)c(N)c1C(=O)OC. The van der Waals surface area contributed by atoms with E-state index in [-0.39, 0.29) is 11.4 Å². The molecule has 2 aromatic rings. The van der Waals surface area contributed by atoms with Crippen molar-refractivity contribution in [3.8, 4) is 0 Å². The van der Waals surface area contributed by atoms with Gasteiger partial charge in [0, 0.05) is 11.0 Å². The molecule has 0 aliphatic carbocycles. The molecule has 1 heterocycles. The number of hydrogen-bond donors (Lipinski definition) is 2. The molecule has 3 N–H and O–H groups in total. The third-order valence-corrected chi connectivity index (χ3v) is 3.78. The Morgan fingerprint density at radius 2 is 2.19 bits per heavy atom. The molecule has 0 aliphatic rings. The van der Waals surface area contributed by atoms with Gasteiger partial charge >= 0.3 is 5.97 Å². The molecule has 0 aliphatic heterocycles. The van der Waals surface area contributed by atoms with Crippen LogP contribution in [0.2, 0.25) is 0 Å². The first-order valence-electron chi connectivity index (χ1n) is 6.50. The number of benzene rings is 1. The van der Waals surface area contributed by atoms with E-state index in [0.29, 0.717) is 18.9 Å². The molecule has 0 bridgehead atoms. The molecule has 0 amide bonds. The third-order valence-electron chi connectivity index (χ3n) is 3.00. The first kappa shape index (κ1) is 15.4. The van der Waals surface area contributed by atoms with Gasteiger partial charge in [0.25, 0.3) is 0 Å². The predicted octanol–water partition coefficient (Wildman–Crippen LogP) is 2.49. The van der Waals surface area contributed by atoms with Crippen LogP contribution in [0.4, 0.5) is 11.6 Å². The molecular weight excluding hydrogens is 336 g/mol. The first-order chi connectivity index (χ1) is 10.1. The van der Waals surface area contributed by atoms with Gasteiger partial charge in [0.1, 0.15) is 11.4 Å². The van der Waals surface area contributed by atoms with E-state index >= 15 is 0 Å². The number of hydrogen-bond acceptors (Lipinski definition) is 5. The summed E-state index contributed by atoms with van der Waals surface area (Å²) in [6.45, 7) is 3.02. The molecule has 0 atom stereocenters. The topological polar surface area (TPSA) is 82.2 Å². The van der Waals surface area contributed by atoms with Crippen molar-refractivity contribution in [2.45, 2.75) is 13.5 Å². The Morgan fingerprint density at radius 3 is 2.81 bits per heavy atom. The molecule has 0 spiro atoms. The lowest BCUT2D eigenvalue weighted by Crippen LogP contribution is -2.10. The van der Waals surface area contributed by atoms with Gasteiger partial charge in [-0.05, 0) is 18.6 Å². The Hall–Kier alpha value is -2.02. The van der Waals surface area contributed by atoms with E-state index in [9.17, 15) is 4.79 Å². The Kier molecular flexibility index (Phi) is 4.85. The summed E-state index contributed by atoms with van der Waals surface area (Å²) < 4.78 is 7.32. The summed E-state index contributed by atoms with van der Waals surface area (Å²) in [7, 11) is 1.32. The maximum atomic E-state index is 11.9. The van der Waals surface area contributed by atoms with Crippen LogP contribution in [0.15, 0.2) is 28.7 Å². The summed E-state index contributed by atoms with van der Waals surface area (Å²) >= 11 is 3.49. The van der Waals surface area contributed by atoms with Crippen LogP contribution in [0.5, 0.6) is 0 Å². The lowest BCUT2D eigenvalue weighted by molar-refractivity contribution is 0.0603. The number of nitrogens with two attached hydrogens (primary N) is 1. The lowest BCUT2D eigenvalue weighted by Gasteiger charge is -2.06. The summed E-state index contributed by atoms with van der Waals surface area (Å²) in [5, 5.41) is 7.39. The molecule has 0 radical (unpaired) electrons. The second kappa shape index (κ2) is 6.62. The van der Waals surface area contributed by atoms with Gasteiger partial charge in [-0.2, -0.15) is 5.10 Å². The van der Waals surface area contributed by atoms with Gasteiger partial charge in [-0.1, -0.05) is 34.1 Å². The summed E-state index contributed by atoms with van der Waals surface area (Å²) in [6, 6.07) is 7.79. The molecule has 6 nitrogen and oxygen atoms in total. The van der Waals surface area contributed by atoms with Crippen molar-refractivity contribution in [1.82, 2.24) is 9.78 Å². The fourth-order valence-electron chi connectivity index (χ4n) is 1.98. The van der Waals surface area contributed by atoms with Crippen molar-refractivity contribution < 1.29 is 9.53 Å². The van der Waals surface area contributed by atoms with E-state index in [2.05, 4.69) is 26.3 Å². The Bertz CT molecular complexity index is 654. The highest BCUT2D eigenvalue weighted by atomic mass is 79.9. The van der Waals surface area contributed by atoms with Gasteiger partial charge in [0.15, 0.2) is 5.82 Å². The van der Waals surface area contributed by atoms with E-state index in [0.717, 1.165) is 10.0 Å². The van der Waals surface area contributed by atoms with Crippen LogP contribution < -0.4 is 11.1 Å². The highest BCUT2D eigenvalue weighted by molar-refractivity contribution is 9.10. The number of carbonyl (C=O) groups excluding carboxylic acids is 1. The lowest BCUT2D eigenvalue weighted by atomic mass is 10.2. The molecule has 7 heteroatoms. The van der Waals surface area contributed by atoms with Crippen LogP contribution in [0.3, 0.4) is 0 Å². The molecule has 0 saturated heterocycles. The number of aromatic nitrogens is 2. The van der Waals surface area contributed by atoms with E-state index in [1.807, 2.05) is 31.2 Å². The van der Waals surface area contributed by atoms with Crippen molar-refractivity contribution in [3.63, 3.8) is 0 Å². The zero-order chi connectivity index (χ0) is 15.4. The van der Waals surface area contributed by atoms with Crippen molar-refractivity contribution >= 4 is 33.5 Å².